The molecule has 2 rings (SSSR count). The summed E-state index contributed by atoms with van der Waals surface area (Å²) in [6.45, 7) is 2.45. The molecule has 0 aromatic heterocycles. The van der Waals surface area contributed by atoms with Crippen molar-refractivity contribution < 1.29 is 8.78 Å². The monoisotopic (exact) mass is 261 g/mol. The van der Waals surface area contributed by atoms with Crippen LogP contribution in [-0.4, -0.2) is 6.54 Å². The first kappa shape index (κ1) is 13.7. The number of hydrogen-bond acceptors (Lipinski definition) is 1. The zero-order valence-corrected chi connectivity index (χ0v) is 10.9. The maximum absolute atomic E-state index is 13.7. The number of rotatable bonds is 4. The van der Waals surface area contributed by atoms with Gasteiger partial charge in [-0.05, 0) is 42.6 Å². The molecule has 0 heterocycles. The van der Waals surface area contributed by atoms with Crippen molar-refractivity contribution in [3.63, 3.8) is 0 Å². The third-order valence-electron chi connectivity index (χ3n) is 3.39. The molecule has 1 atom stereocenters. The van der Waals surface area contributed by atoms with Gasteiger partial charge in [-0.3, -0.25) is 0 Å². The fourth-order valence-corrected chi connectivity index (χ4v) is 2.32. The van der Waals surface area contributed by atoms with Crippen LogP contribution >= 0.6 is 0 Å². The van der Waals surface area contributed by atoms with Crippen molar-refractivity contribution in [1.82, 2.24) is 0 Å². The van der Waals surface area contributed by atoms with Crippen molar-refractivity contribution >= 4 is 0 Å². The van der Waals surface area contributed by atoms with E-state index >= 15 is 0 Å². The normalized spacial score (nSPS) is 12.4. The standard InChI is InChI=1S/C16H17F2N/c1-11-4-2-3-5-15(11)13(10-19)8-12-6-7-14(17)9-16(12)18/h2-7,9,13H,8,10,19H2,1H3. The van der Waals surface area contributed by atoms with Gasteiger partial charge in [-0.25, -0.2) is 8.78 Å². The first-order chi connectivity index (χ1) is 9.11. The predicted molar refractivity (Wildman–Crippen MR) is 73.0 cm³/mol. The molecule has 1 unspecified atom stereocenters. The lowest BCUT2D eigenvalue weighted by molar-refractivity contribution is 0.561. The van der Waals surface area contributed by atoms with Crippen LogP contribution in [0.15, 0.2) is 42.5 Å². The second-order valence-corrected chi connectivity index (χ2v) is 4.73. The fraction of sp³-hybridized carbons (Fsp3) is 0.250. The Morgan fingerprint density at radius 1 is 1.11 bits per heavy atom. The van der Waals surface area contributed by atoms with Crippen molar-refractivity contribution in [2.24, 2.45) is 5.73 Å². The molecule has 0 saturated heterocycles. The van der Waals surface area contributed by atoms with Crippen molar-refractivity contribution in [3.8, 4) is 0 Å². The van der Waals surface area contributed by atoms with E-state index in [2.05, 4.69) is 0 Å². The van der Waals surface area contributed by atoms with Crippen molar-refractivity contribution in [2.45, 2.75) is 19.3 Å². The van der Waals surface area contributed by atoms with Crippen LogP contribution in [0.2, 0.25) is 0 Å². The Balaban J connectivity index is 2.27. The predicted octanol–water partition coefficient (Wildman–Crippen LogP) is 3.56. The Labute approximate surface area is 112 Å². The van der Waals surface area contributed by atoms with Gasteiger partial charge >= 0.3 is 0 Å². The third-order valence-corrected chi connectivity index (χ3v) is 3.39. The van der Waals surface area contributed by atoms with Gasteiger partial charge in [0.2, 0.25) is 0 Å². The summed E-state index contributed by atoms with van der Waals surface area (Å²) < 4.78 is 26.6. The van der Waals surface area contributed by atoms with Crippen LogP contribution in [0.1, 0.15) is 22.6 Å². The van der Waals surface area contributed by atoms with E-state index in [4.69, 9.17) is 5.73 Å². The van der Waals surface area contributed by atoms with E-state index in [1.165, 1.54) is 12.1 Å². The summed E-state index contributed by atoms with van der Waals surface area (Å²) in [5.74, 6) is -1.02. The molecular formula is C16H17F2N. The zero-order chi connectivity index (χ0) is 13.8. The highest BCUT2D eigenvalue weighted by molar-refractivity contribution is 5.32. The molecule has 0 radical (unpaired) electrons. The number of hydrogen-bond donors (Lipinski definition) is 1. The van der Waals surface area contributed by atoms with E-state index in [0.717, 1.165) is 17.2 Å². The molecule has 0 bridgehead atoms. The summed E-state index contributed by atoms with van der Waals surface area (Å²) in [5, 5.41) is 0. The minimum absolute atomic E-state index is 0.0427. The number of halogens is 2. The molecule has 2 aromatic rings. The SMILES string of the molecule is Cc1ccccc1C(CN)Cc1ccc(F)cc1F. The van der Waals surface area contributed by atoms with E-state index in [0.29, 0.717) is 18.5 Å². The summed E-state index contributed by atoms with van der Waals surface area (Å²) in [5.41, 5.74) is 8.56. The zero-order valence-electron chi connectivity index (χ0n) is 10.9. The summed E-state index contributed by atoms with van der Waals surface area (Å²) in [6, 6.07) is 11.6. The van der Waals surface area contributed by atoms with Gasteiger partial charge in [0.15, 0.2) is 0 Å². The van der Waals surface area contributed by atoms with Crippen LogP contribution in [-0.2, 0) is 6.42 Å². The molecule has 0 aliphatic rings. The Morgan fingerprint density at radius 3 is 2.47 bits per heavy atom. The molecule has 2 aromatic carbocycles. The van der Waals surface area contributed by atoms with Crippen LogP contribution < -0.4 is 5.73 Å². The summed E-state index contributed by atoms with van der Waals surface area (Å²) in [6.07, 6.45) is 0.480. The van der Waals surface area contributed by atoms with Crippen molar-refractivity contribution in [1.29, 1.82) is 0 Å². The fourth-order valence-electron chi connectivity index (χ4n) is 2.32. The minimum Gasteiger partial charge on any atom is -0.330 e. The molecule has 0 aliphatic carbocycles. The van der Waals surface area contributed by atoms with Gasteiger partial charge in [0.05, 0.1) is 0 Å². The molecule has 100 valence electrons. The molecule has 19 heavy (non-hydrogen) atoms. The van der Waals surface area contributed by atoms with E-state index in [9.17, 15) is 8.78 Å². The lowest BCUT2D eigenvalue weighted by atomic mass is 9.89. The molecule has 0 fully saturated rings. The maximum Gasteiger partial charge on any atom is 0.129 e. The second-order valence-electron chi connectivity index (χ2n) is 4.73. The number of aryl methyl sites for hydroxylation is 1. The van der Waals surface area contributed by atoms with E-state index in [-0.39, 0.29) is 5.92 Å². The van der Waals surface area contributed by atoms with E-state index in [1.807, 2.05) is 31.2 Å². The van der Waals surface area contributed by atoms with Crippen LogP contribution in [0, 0.1) is 18.6 Å². The lowest BCUT2D eigenvalue weighted by Gasteiger charge is -2.18. The molecule has 0 spiro atoms. The quantitative estimate of drug-likeness (QED) is 0.894. The lowest BCUT2D eigenvalue weighted by Crippen LogP contribution is -2.16. The van der Waals surface area contributed by atoms with Crippen molar-refractivity contribution in [3.05, 3.63) is 70.8 Å². The largest absolute Gasteiger partial charge is 0.330 e. The third kappa shape index (κ3) is 3.18. The highest BCUT2D eigenvalue weighted by Gasteiger charge is 2.15. The van der Waals surface area contributed by atoms with Crippen LogP contribution in [0.3, 0.4) is 0 Å². The van der Waals surface area contributed by atoms with Gasteiger partial charge < -0.3 is 5.73 Å². The summed E-state index contributed by atoms with van der Waals surface area (Å²) in [7, 11) is 0. The number of benzene rings is 2. The summed E-state index contributed by atoms with van der Waals surface area (Å²) in [4.78, 5) is 0. The average molecular weight is 261 g/mol. The van der Waals surface area contributed by atoms with Gasteiger partial charge in [0.25, 0.3) is 0 Å². The highest BCUT2D eigenvalue weighted by atomic mass is 19.1. The second kappa shape index (κ2) is 5.93. The highest BCUT2D eigenvalue weighted by Crippen LogP contribution is 2.24. The Kier molecular flexibility index (Phi) is 4.27. The Morgan fingerprint density at radius 2 is 1.84 bits per heavy atom. The smallest absolute Gasteiger partial charge is 0.129 e. The molecule has 2 N–H and O–H groups in total. The molecular weight excluding hydrogens is 244 g/mol. The van der Waals surface area contributed by atoms with Gasteiger partial charge in [-0.1, -0.05) is 30.3 Å². The van der Waals surface area contributed by atoms with Crippen LogP contribution in [0.5, 0.6) is 0 Å². The van der Waals surface area contributed by atoms with Crippen LogP contribution in [0.25, 0.3) is 0 Å². The first-order valence-electron chi connectivity index (χ1n) is 6.31. The Bertz CT molecular complexity index is 566. The topological polar surface area (TPSA) is 26.0 Å². The molecule has 0 amide bonds. The number of nitrogens with two attached hydrogens (primary N) is 1. The molecule has 0 aliphatic heterocycles. The van der Waals surface area contributed by atoms with E-state index in [1.54, 1.807) is 0 Å². The Hall–Kier alpha value is -1.74. The molecule has 1 nitrogen and oxygen atoms in total. The molecule has 0 saturated carbocycles. The molecule has 3 heteroatoms. The van der Waals surface area contributed by atoms with Gasteiger partial charge in [-0.2, -0.15) is 0 Å². The van der Waals surface area contributed by atoms with Crippen molar-refractivity contribution in [2.75, 3.05) is 6.54 Å². The first-order valence-corrected chi connectivity index (χ1v) is 6.31. The average Bonchev–Trinajstić information content (AvgIpc) is 2.39. The van der Waals surface area contributed by atoms with Crippen LogP contribution in [0.4, 0.5) is 8.78 Å². The maximum atomic E-state index is 13.7. The van der Waals surface area contributed by atoms with Gasteiger partial charge in [0.1, 0.15) is 11.6 Å². The minimum atomic E-state index is -0.554. The summed E-state index contributed by atoms with van der Waals surface area (Å²) >= 11 is 0. The van der Waals surface area contributed by atoms with E-state index < -0.39 is 11.6 Å². The van der Waals surface area contributed by atoms with Gasteiger partial charge in [-0.15, -0.1) is 0 Å². The van der Waals surface area contributed by atoms with Gasteiger partial charge in [0, 0.05) is 12.0 Å².